The number of benzene rings is 1. The molecule has 0 fully saturated rings. The summed E-state index contributed by atoms with van der Waals surface area (Å²) in [6, 6.07) is 7.08. The molecule has 0 bridgehead atoms. The Balaban J connectivity index is 2.24. The van der Waals surface area contributed by atoms with Gasteiger partial charge in [-0.1, -0.05) is 11.6 Å². The molecule has 1 heterocycles. The fourth-order valence-corrected chi connectivity index (χ4v) is 2.04. The number of carbonyl (C=O) groups excluding carboxylic acids is 1. The molecule has 94 valence electrons. The van der Waals surface area contributed by atoms with Crippen LogP contribution in [0.4, 0.5) is 5.69 Å². The molecule has 0 atom stereocenters. The van der Waals surface area contributed by atoms with E-state index in [-0.39, 0.29) is 5.91 Å². The molecule has 0 unspecified atom stereocenters. The number of furan rings is 1. The molecule has 0 aliphatic heterocycles. The molecule has 0 radical (unpaired) electrons. The number of hydrogen-bond donors (Lipinski definition) is 1. The summed E-state index contributed by atoms with van der Waals surface area (Å²) in [5, 5.41) is 3.50. The van der Waals surface area contributed by atoms with E-state index >= 15 is 0 Å². The predicted octanol–water partition coefficient (Wildman–Crippen LogP) is 4.11. The van der Waals surface area contributed by atoms with Gasteiger partial charge in [-0.25, -0.2) is 0 Å². The van der Waals surface area contributed by atoms with Gasteiger partial charge >= 0.3 is 0 Å². The first-order valence-electron chi connectivity index (χ1n) is 5.62. The highest BCUT2D eigenvalue weighted by molar-refractivity contribution is 6.30. The van der Waals surface area contributed by atoms with Crippen molar-refractivity contribution in [3.05, 3.63) is 51.9 Å². The molecular formula is C14H14ClNO2. The highest BCUT2D eigenvalue weighted by Gasteiger charge is 2.14. The molecule has 2 rings (SSSR count). The lowest BCUT2D eigenvalue weighted by atomic mass is 10.2. The van der Waals surface area contributed by atoms with Crippen molar-refractivity contribution in [2.45, 2.75) is 20.8 Å². The lowest BCUT2D eigenvalue weighted by molar-refractivity contribution is 0.102. The summed E-state index contributed by atoms with van der Waals surface area (Å²) >= 11 is 5.87. The van der Waals surface area contributed by atoms with Crippen molar-refractivity contribution in [1.29, 1.82) is 0 Å². The molecule has 2 aromatic rings. The van der Waals surface area contributed by atoms with Crippen LogP contribution in [0.3, 0.4) is 0 Å². The third kappa shape index (κ3) is 2.57. The number of aryl methyl sites for hydroxylation is 3. The number of rotatable bonds is 2. The van der Waals surface area contributed by atoms with Crippen molar-refractivity contribution >= 4 is 23.2 Å². The maximum atomic E-state index is 12.1. The fourth-order valence-electron chi connectivity index (χ4n) is 1.81. The molecule has 1 aromatic carbocycles. The number of amides is 1. The first kappa shape index (κ1) is 12.7. The monoisotopic (exact) mass is 263 g/mol. The largest absolute Gasteiger partial charge is 0.466 e. The van der Waals surface area contributed by atoms with Gasteiger partial charge in [0.15, 0.2) is 0 Å². The summed E-state index contributed by atoms with van der Waals surface area (Å²) in [5.41, 5.74) is 2.23. The molecule has 0 saturated heterocycles. The highest BCUT2D eigenvalue weighted by atomic mass is 35.5. The van der Waals surface area contributed by atoms with E-state index in [2.05, 4.69) is 5.32 Å². The Morgan fingerprint density at radius 3 is 2.50 bits per heavy atom. The topological polar surface area (TPSA) is 42.2 Å². The molecule has 0 aliphatic rings. The van der Waals surface area contributed by atoms with E-state index in [4.69, 9.17) is 16.0 Å². The van der Waals surface area contributed by atoms with Crippen LogP contribution in [0.25, 0.3) is 0 Å². The number of carbonyl (C=O) groups is 1. The minimum atomic E-state index is -0.172. The Kier molecular flexibility index (Phi) is 3.43. The summed E-state index contributed by atoms with van der Waals surface area (Å²) in [6.07, 6.45) is 0. The first-order valence-corrected chi connectivity index (χ1v) is 5.99. The van der Waals surface area contributed by atoms with Crippen molar-refractivity contribution in [3.8, 4) is 0 Å². The Morgan fingerprint density at radius 1 is 1.22 bits per heavy atom. The average molecular weight is 264 g/mol. The minimum Gasteiger partial charge on any atom is -0.466 e. The van der Waals surface area contributed by atoms with E-state index in [1.54, 1.807) is 25.1 Å². The zero-order valence-corrected chi connectivity index (χ0v) is 11.3. The van der Waals surface area contributed by atoms with Crippen LogP contribution in [0.15, 0.2) is 28.7 Å². The highest BCUT2D eigenvalue weighted by Crippen LogP contribution is 2.21. The molecular weight excluding hydrogens is 250 g/mol. The van der Waals surface area contributed by atoms with Crippen molar-refractivity contribution < 1.29 is 9.21 Å². The van der Waals surface area contributed by atoms with E-state index in [1.807, 2.05) is 19.9 Å². The number of hydrogen-bond acceptors (Lipinski definition) is 2. The zero-order valence-electron chi connectivity index (χ0n) is 10.5. The Labute approximate surface area is 111 Å². The predicted molar refractivity (Wildman–Crippen MR) is 72.3 cm³/mol. The van der Waals surface area contributed by atoms with Gasteiger partial charge in [0.25, 0.3) is 5.91 Å². The van der Waals surface area contributed by atoms with Crippen molar-refractivity contribution in [2.24, 2.45) is 0 Å². The average Bonchev–Trinajstić information content (AvgIpc) is 2.62. The zero-order chi connectivity index (χ0) is 13.3. The fraction of sp³-hybridized carbons (Fsp3) is 0.214. The van der Waals surface area contributed by atoms with Crippen LogP contribution in [0.5, 0.6) is 0 Å². The maximum absolute atomic E-state index is 12.1. The molecule has 1 aromatic heterocycles. The molecule has 0 saturated carbocycles. The summed E-state index contributed by atoms with van der Waals surface area (Å²) in [5.74, 6) is 1.18. The molecule has 0 aliphatic carbocycles. The molecule has 0 spiro atoms. The van der Waals surface area contributed by atoms with Crippen LogP contribution < -0.4 is 5.32 Å². The Hall–Kier alpha value is -1.74. The third-order valence-electron chi connectivity index (χ3n) is 2.72. The van der Waals surface area contributed by atoms with Crippen LogP contribution in [-0.4, -0.2) is 5.91 Å². The molecule has 18 heavy (non-hydrogen) atoms. The van der Waals surface area contributed by atoms with Gasteiger partial charge in [-0.3, -0.25) is 4.79 Å². The molecule has 1 N–H and O–H groups in total. The first-order chi connectivity index (χ1) is 8.47. The SMILES string of the molecule is Cc1cc(C(=O)Nc2ccc(Cl)cc2C)c(C)o1. The second-order valence-corrected chi connectivity index (χ2v) is 4.68. The van der Waals surface area contributed by atoms with Crippen LogP contribution in [0.1, 0.15) is 27.4 Å². The number of halogens is 1. The maximum Gasteiger partial charge on any atom is 0.259 e. The van der Waals surface area contributed by atoms with Gasteiger partial charge in [0, 0.05) is 10.7 Å². The summed E-state index contributed by atoms with van der Waals surface area (Å²) < 4.78 is 5.34. The molecule has 4 heteroatoms. The minimum absolute atomic E-state index is 0.172. The van der Waals surface area contributed by atoms with Crippen LogP contribution in [-0.2, 0) is 0 Å². The number of anilines is 1. The Bertz CT molecular complexity index is 602. The van der Waals surface area contributed by atoms with E-state index in [0.29, 0.717) is 16.3 Å². The second kappa shape index (κ2) is 4.86. The van der Waals surface area contributed by atoms with Gasteiger partial charge in [-0.15, -0.1) is 0 Å². The number of nitrogens with one attached hydrogen (secondary N) is 1. The van der Waals surface area contributed by atoms with Gasteiger partial charge in [0.2, 0.25) is 0 Å². The van der Waals surface area contributed by atoms with Crippen molar-refractivity contribution in [2.75, 3.05) is 5.32 Å². The van der Waals surface area contributed by atoms with Crippen molar-refractivity contribution in [3.63, 3.8) is 0 Å². The van der Waals surface area contributed by atoms with Crippen LogP contribution >= 0.6 is 11.6 Å². The second-order valence-electron chi connectivity index (χ2n) is 4.24. The van der Waals surface area contributed by atoms with Gasteiger partial charge in [-0.2, -0.15) is 0 Å². The van der Waals surface area contributed by atoms with E-state index in [9.17, 15) is 4.79 Å². The third-order valence-corrected chi connectivity index (χ3v) is 2.96. The lowest BCUT2D eigenvalue weighted by Gasteiger charge is -2.07. The van der Waals surface area contributed by atoms with Gasteiger partial charge in [0.1, 0.15) is 11.5 Å². The standard InChI is InChI=1S/C14H14ClNO2/c1-8-6-11(15)4-5-13(8)16-14(17)12-7-9(2)18-10(12)3/h4-7H,1-3H3,(H,16,17). The van der Waals surface area contributed by atoms with E-state index in [0.717, 1.165) is 17.0 Å². The van der Waals surface area contributed by atoms with Crippen LogP contribution in [0, 0.1) is 20.8 Å². The molecule has 1 amide bonds. The van der Waals surface area contributed by atoms with Crippen LogP contribution in [0.2, 0.25) is 5.02 Å². The summed E-state index contributed by atoms with van der Waals surface area (Å²) in [4.78, 5) is 12.1. The summed E-state index contributed by atoms with van der Waals surface area (Å²) in [7, 11) is 0. The quantitative estimate of drug-likeness (QED) is 0.886. The smallest absolute Gasteiger partial charge is 0.259 e. The van der Waals surface area contributed by atoms with Crippen molar-refractivity contribution in [1.82, 2.24) is 0 Å². The normalized spacial score (nSPS) is 10.4. The van der Waals surface area contributed by atoms with E-state index < -0.39 is 0 Å². The lowest BCUT2D eigenvalue weighted by Crippen LogP contribution is -2.12. The molecule has 3 nitrogen and oxygen atoms in total. The summed E-state index contributed by atoms with van der Waals surface area (Å²) in [6.45, 7) is 5.49. The van der Waals surface area contributed by atoms with Gasteiger partial charge in [0.05, 0.1) is 5.56 Å². The van der Waals surface area contributed by atoms with Gasteiger partial charge < -0.3 is 9.73 Å². The van der Waals surface area contributed by atoms with E-state index in [1.165, 1.54) is 0 Å². The Morgan fingerprint density at radius 2 is 1.94 bits per heavy atom. The van der Waals surface area contributed by atoms with Gasteiger partial charge in [-0.05, 0) is 50.6 Å².